The summed E-state index contributed by atoms with van der Waals surface area (Å²) in [5.74, 6) is 3.50. The van der Waals surface area contributed by atoms with Crippen molar-refractivity contribution < 1.29 is 19.2 Å². The SMILES string of the molecule is C#Cc1ccc(N2C(=O)c3ccc4c5c(-c6ccc(C(C)(C)CC(C)(C)C)cc6)cc6c7c(ccc(c8c(-c9ccc(C(C)(C)CC(C)(C)C)cc9)cc(c3c48)C2=O)c75)C(=O)N(c2ccc(C#C)cc2)C6=O)cc1. The van der Waals surface area contributed by atoms with Gasteiger partial charge in [0.2, 0.25) is 0 Å². The second-order valence-electron chi connectivity index (χ2n) is 24.2. The van der Waals surface area contributed by atoms with Crippen LogP contribution in [-0.2, 0) is 10.8 Å². The highest BCUT2D eigenvalue weighted by atomic mass is 16.2. The van der Waals surface area contributed by atoms with Crippen LogP contribution in [0.5, 0.6) is 0 Å². The fourth-order valence-corrected chi connectivity index (χ4v) is 12.9. The molecular weight excluding hydrogens is 909 g/mol. The molecule has 0 aromatic heterocycles. The molecule has 0 spiro atoms. The zero-order valence-electron chi connectivity index (χ0n) is 43.8. The second kappa shape index (κ2) is 16.6. The van der Waals surface area contributed by atoms with E-state index in [1.54, 1.807) is 48.5 Å². The number of benzene rings is 9. The van der Waals surface area contributed by atoms with Crippen molar-refractivity contribution in [1.29, 1.82) is 0 Å². The van der Waals surface area contributed by atoms with Crippen LogP contribution in [0.2, 0.25) is 0 Å². The lowest BCUT2D eigenvalue weighted by Gasteiger charge is -2.33. The monoisotopic (exact) mass is 966 g/mol. The van der Waals surface area contributed by atoms with Gasteiger partial charge < -0.3 is 0 Å². The first-order valence-corrected chi connectivity index (χ1v) is 25.4. The van der Waals surface area contributed by atoms with Gasteiger partial charge in [0.25, 0.3) is 23.6 Å². The average molecular weight is 967 g/mol. The van der Waals surface area contributed by atoms with E-state index in [0.717, 1.165) is 67.4 Å². The van der Waals surface area contributed by atoms with Crippen molar-refractivity contribution in [2.45, 2.75) is 92.9 Å². The molecule has 0 aliphatic carbocycles. The molecule has 2 aliphatic heterocycles. The van der Waals surface area contributed by atoms with Crippen molar-refractivity contribution in [2.75, 3.05) is 9.80 Å². The summed E-state index contributed by atoms with van der Waals surface area (Å²) in [7, 11) is 0. The van der Waals surface area contributed by atoms with Gasteiger partial charge in [-0.15, -0.1) is 12.8 Å². The summed E-state index contributed by atoms with van der Waals surface area (Å²) in [6.07, 6.45) is 13.4. The van der Waals surface area contributed by atoms with E-state index in [0.29, 0.717) is 55.5 Å². The molecule has 11 rings (SSSR count). The number of nitrogens with zero attached hydrogens (tertiary/aromatic N) is 2. The summed E-state index contributed by atoms with van der Waals surface area (Å²) >= 11 is 0. The molecule has 0 saturated heterocycles. The van der Waals surface area contributed by atoms with E-state index in [9.17, 15) is 9.59 Å². The molecule has 0 atom stereocenters. The normalized spacial score (nSPS) is 14.2. The standard InChI is InChI=1S/C68H58N2O4/c1-13-39-15-27-45(28-16-39)69-61(71)49-33-31-47-56-52(42-21-25-44(26-22-42)68(11,12)38-66(6,7)8)36-54-58-50(62(72)70(64(54)74)46-29-17-40(14-2)18-30-46)34-32-48(60(56)58)55-51(35-53(63(69)73)57(49)59(47)55)41-19-23-43(24-20-41)67(9,10)37-65(3,4)5/h1-2,15-36H,37-38H2,3-12H3. The third-order valence-corrected chi connectivity index (χ3v) is 15.3. The molecule has 0 fully saturated rings. The van der Waals surface area contributed by atoms with E-state index in [1.165, 1.54) is 20.9 Å². The lowest BCUT2D eigenvalue weighted by atomic mass is 9.72. The van der Waals surface area contributed by atoms with Crippen molar-refractivity contribution in [3.8, 4) is 46.9 Å². The number of rotatable bonds is 8. The Kier molecular flexibility index (Phi) is 10.8. The molecule has 0 unspecified atom stereocenters. The van der Waals surface area contributed by atoms with Gasteiger partial charge in [-0.05, 0) is 173 Å². The first kappa shape index (κ1) is 48.0. The molecule has 74 heavy (non-hydrogen) atoms. The maximum atomic E-state index is 15.3. The van der Waals surface area contributed by atoms with E-state index in [-0.39, 0.29) is 21.7 Å². The summed E-state index contributed by atoms with van der Waals surface area (Å²) in [4.78, 5) is 63.0. The van der Waals surface area contributed by atoms with E-state index >= 15 is 9.59 Å². The van der Waals surface area contributed by atoms with E-state index in [2.05, 4.69) is 130 Å². The molecule has 6 nitrogen and oxygen atoms in total. The van der Waals surface area contributed by atoms with Crippen molar-refractivity contribution in [3.05, 3.63) is 178 Å². The molecule has 9 aromatic carbocycles. The third-order valence-electron chi connectivity index (χ3n) is 15.3. The van der Waals surface area contributed by atoms with Gasteiger partial charge in [-0.1, -0.05) is 142 Å². The van der Waals surface area contributed by atoms with Gasteiger partial charge in [-0.3, -0.25) is 19.2 Å². The molecule has 0 radical (unpaired) electrons. The minimum atomic E-state index is -0.444. The summed E-state index contributed by atoms with van der Waals surface area (Å²) in [5, 5.41) is 5.90. The first-order chi connectivity index (χ1) is 35.0. The van der Waals surface area contributed by atoms with Crippen LogP contribution < -0.4 is 9.80 Å². The van der Waals surface area contributed by atoms with E-state index < -0.39 is 23.6 Å². The van der Waals surface area contributed by atoms with Gasteiger partial charge in [0.1, 0.15) is 0 Å². The van der Waals surface area contributed by atoms with Crippen LogP contribution in [0.25, 0.3) is 65.3 Å². The molecule has 6 heteroatoms. The van der Waals surface area contributed by atoms with Crippen LogP contribution in [0, 0.1) is 35.5 Å². The first-order valence-electron chi connectivity index (χ1n) is 25.4. The predicted octanol–water partition coefficient (Wildman–Crippen LogP) is 16.1. The molecule has 9 aromatic rings. The smallest absolute Gasteiger partial charge is 0.266 e. The number of hydrogen-bond donors (Lipinski definition) is 0. The summed E-state index contributed by atoms with van der Waals surface area (Å²) in [6, 6.07) is 42.6. The van der Waals surface area contributed by atoms with Gasteiger partial charge in [-0.2, -0.15) is 0 Å². The van der Waals surface area contributed by atoms with Crippen molar-refractivity contribution >= 4 is 78.1 Å². The zero-order valence-corrected chi connectivity index (χ0v) is 43.8. The van der Waals surface area contributed by atoms with Gasteiger partial charge in [0.15, 0.2) is 0 Å². The Morgan fingerprint density at radius 3 is 1.00 bits per heavy atom. The van der Waals surface area contributed by atoms with Crippen LogP contribution in [0.15, 0.2) is 133 Å². The Bertz CT molecular complexity index is 3710. The number of hydrogen-bond acceptors (Lipinski definition) is 4. The molecule has 0 saturated carbocycles. The number of amides is 4. The van der Waals surface area contributed by atoms with Gasteiger partial charge >= 0.3 is 0 Å². The Morgan fingerprint density at radius 1 is 0.365 bits per heavy atom. The fraction of sp³-hybridized carbons (Fsp3) is 0.235. The van der Waals surface area contributed by atoms with Crippen LogP contribution in [0.3, 0.4) is 0 Å². The number of carbonyl (C=O) groups excluding carboxylic acids is 4. The Balaban J connectivity index is 1.25. The van der Waals surface area contributed by atoms with E-state index in [1.807, 2.05) is 36.4 Å². The maximum Gasteiger partial charge on any atom is 0.266 e. The van der Waals surface area contributed by atoms with Crippen molar-refractivity contribution in [3.63, 3.8) is 0 Å². The van der Waals surface area contributed by atoms with Crippen molar-refractivity contribution in [2.24, 2.45) is 10.8 Å². The zero-order chi connectivity index (χ0) is 52.6. The molecule has 364 valence electrons. The third kappa shape index (κ3) is 7.58. The highest BCUT2D eigenvalue weighted by molar-refractivity contribution is 6.47. The lowest BCUT2D eigenvalue weighted by Crippen LogP contribution is -2.40. The maximum absolute atomic E-state index is 15.3. The predicted molar refractivity (Wildman–Crippen MR) is 304 cm³/mol. The minimum Gasteiger partial charge on any atom is -0.268 e. The number of imide groups is 2. The molecular formula is C68H58N2O4. The van der Waals surface area contributed by atoms with Gasteiger partial charge in [-0.25, -0.2) is 9.80 Å². The van der Waals surface area contributed by atoms with Crippen molar-refractivity contribution in [1.82, 2.24) is 0 Å². The van der Waals surface area contributed by atoms with Crippen LogP contribution in [0.1, 0.15) is 146 Å². The largest absolute Gasteiger partial charge is 0.268 e. The quantitative estimate of drug-likeness (QED) is 0.0658. The second-order valence-corrected chi connectivity index (χ2v) is 24.2. The number of terminal acetylenes is 2. The Labute approximate surface area is 433 Å². The highest BCUT2D eigenvalue weighted by Gasteiger charge is 2.40. The van der Waals surface area contributed by atoms with E-state index in [4.69, 9.17) is 12.8 Å². The fourth-order valence-electron chi connectivity index (χ4n) is 12.9. The summed E-state index contributed by atoms with van der Waals surface area (Å²) in [6.45, 7) is 22.6. The molecule has 0 N–H and O–H groups in total. The summed E-state index contributed by atoms with van der Waals surface area (Å²) < 4.78 is 0. The average Bonchev–Trinajstić information content (AvgIpc) is 3.35. The number of carbonyl (C=O) groups is 4. The molecule has 0 bridgehead atoms. The van der Waals surface area contributed by atoms with Gasteiger partial charge in [0, 0.05) is 44.2 Å². The topological polar surface area (TPSA) is 74.8 Å². The van der Waals surface area contributed by atoms with Crippen LogP contribution >= 0.6 is 0 Å². The lowest BCUT2D eigenvalue weighted by molar-refractivity contribution is 0.0877. The Hall–Kier alpha value is -8.32. The van der Waals surface area contributed by atoms with Gasteiger partial charge in [0.05, 0.1) is 11.4 Å². The summed E-state index contributed by atoms with van der Waals surface area (Å²) in [5.41, 5.74) is 9.32. The Morgan fingerprint density at radius 2 is 0.689 bits per heavy atom. The highest BCUT2D eigenvalue weighted by Crippen LogP contribution is 2.53. The van der Waals surface area contributed by atoms with Crippen LogP contribution in [0.4, 0.5) is 11.4 Å². The van der Waals surface area contributed by atoms with Crippen LogP contribution in [-0.4, -0.2) is 23.6 Å². The molecule has 2 aliphatic rings. The molecule has 2 heterocycles. The number of anilines is 2. The molecule has 4 amide bonds. The number of fused-ring (bicyclic) bond motifs is 2. The minimum absolute atomic E-state index is 0.0920.